The summed E-state index contributed by atoms with van der Waals surface area (Å²) in [6.45, 7) is 5.21. The van der Waals surface area contributed by atoms with Gasteiger partial charge >= 0.3 is 0 Å². The molecule has 0 aromatic carbocycles. The van der Waals surface area contributed by atoms with Gasteiger partial charge < -0.3 is 10.4 Å². The fourth-order valence-electron chi connectivity index (χ4n) is 3.11. The van der Waals surface area contributed by atoms with E-state index in [1.165, 1.54) is 0 Å². The number of aromatic nitrogens is 3. The van der Waals surface area contributed by atoms with Gasteiger partial charge in [0.05, 0.1) is 11.8 Å². The molecular weight excluding hydrogens is 306 g/mol. The smallest absolute Gasteiger partial charge is 0.253 e. The van der Waals surface area contributed by atoms with E-state index in [0.29, 0.717) is 12.1 Å². The third-order valence-electron chi connectivity index (χ3n) is 4.41. The minimum absolute atomic E-state index is 0.0341. The quantitative estimate of drug-likeness (QED) is 0.807. The van der Waals surface area contributed by atoms with Crippen LogP contribution in [0.1, 0.15) is 22.8 Å². The molecule has 2 atom stereocenters. The minimum Gasteiger partial charge on any atom is -0.396 e. The van der Waals surface area contributed by atoms with Crippen LogP contribution in [-0.4, -0.2) is 56.4 Å². The summed E-state index contributed by atoms with van der Waals surface area (Å²) in [5, 5.41) is 17.0. The number of likely N-dealkylation sites (tertiary alicyclic amines) is 1. The predicted octanol–water partition coefficient (Wildman–Crippen LogP) is 0.521. The van der Waals surface area contributed by atoms with Crippen LogP contribution in [0.4, 0.5) is 0 Å². The molecule has 0 bridgehead atoms. The van der Waals surface area contributed by atoms with Crippen LogP contribution < -0.4 is 5.32 Å². The largest absolute Gasteiger partial charge is 0.396 e. The van der Waals surface area contributed by atoms with Crippen molar-refractivity contribution in [2.24, 2.45) is 5.92 Å². The summed E-state index contributed by atoms with van der Waals surface area (Å²) in [6.07, 6.45) is 7.10. The highest BCUT2D eigenvalue weighted by Gasteiger charge is 2.33. The van der Waals surface area contributed by atoms with Crippen LogP contribution in [0.2, 0.25) is 0 Å². The third kappa shape index (κ3) is 3.80. The summed E-state index contributed by atoms with van der Waals surface area (Å²) >= 11 is 0. The lowest BCUT2D eigenvalue weighted by Gasteiger charge is -2.18. The number of aryl methyl sites for hydroxylation is 1. The third-order valence-corrected chi connectivity index (χ3v) is 4.41. The zero-order valence-corrected chi connectivity index (χ0v) is 13.8. The number of nitrogens with zero attached hydrogens (tertiary/aromatic N) is 4. The van der Waals surface area contributed by atoms with Crippen molar-refractivity contribution in [2.75, 3.05) is 19.7 Å². The van der Waals surface area contributed by atoms with Crippen LogP contribution in [0.25, 0.3) is 0 Å². The molecule has 0 radical (unpaired) electrons. The number of aliphatic hydroxyl groups excluding tert-OH is 1. The molecule has 7 heteroatoms. The second-order valence-electron chi connectivity index (χ2n) is 6.16. The zero-order valence-electron chi connectivity index (χ0n) is 13.8. The minimum atomic E-state index is -0.146. The first-order valence-corrected chi connectivity index (χ1v) is 8.25. The Morgan fingerprint density at radius 3 is 2.96 bits per heavy atom. The van der Waals surface area contributed by atoms with Crippen LogP contribution in [0.3, 0.4) is 0 Å². The van der Waals surface area contributed by atoms with E-state index >= 15 is 0 Å². The van der Waals surface area contributed by atoms with E-state index in [4.69, 9.17) is 0 Å². The van der Waals surface area contributed by atoms with Crippen molar-refractivity contribution in [3.05, 3.63) is 48.0 Å². The second kappa shape index (κ2) is 7.55. The van der Waals surface area contributed by atoms with E-state index in [0.717, 1.165) is 25.2 Å². The average Bonchev–Trinajstić information content (AvgIpc) is 3.22. The van der Waals surface area contributed by atoms with E-state index in [-0.39, 0.29) is 24.5 Å². The Bertz CT molecular complexity index is 673. The normalized spacial score (nSPS) is 21.1. The average molecular weight is 329 g/mol. The van der Waals surface area contributed by atoms with Gasteiger partial charge in [-0.15, -0.1) is 0 Å². The standard InChI is InChI=1S/C17H23N5O2/c1-2-22-9-13(6-19-22)8-21-10-15(12-23)16(11-21)20-17(24)14-4-3-5-18-7-14/h3-7,9,15-16,23H,2,8,10-12H2,1H3,(H,20,24)/t15-,16+/m0/s1. The van der Waals surface area contributed by atoms with Gasteiger partial charge in [0, 0.05) is 68.9 Å². The van der Waals surface area contributed by atoms with Crippen LogP contribution in [-0.2, 0) is 13.1 Å². The number of carbonyl (C=O) groups excluding carboxylic acids is 1. The van der Waals surface area contributed by atoms with E-state index in [1.54, 1.807) is 24.5 Å². The molecule has 0 spiro atoms. The van der Waals surface area contributed by atoms with Crippen molar-refractivity contribution in [3.8, 4) is 0 Å². The van der Waals surface area contributed by atoms with E-state index < -0.39 is 0 Å². The lowest BCUT2D eigenvalue weighted by molar-refractivity contribution is 0.0920. The van der Waals surface area contributed by atoms with Crippen LogP contribution >= 0.6 is 0 Å². The van der Waals surface area contributed by atoms with Crippen LogP contribution in [0.15, 0.2) is 36.9 Å². The molecule has 2 aromatic heterocycles. The van der Waals surface area contributed by atoms with Crippen molar-refractivity contribution in [3.63, 3.8) is 0 Å². The molecule has 2 N–H and O–H groups in total. The molecule has 0 aliphatic carbocycles. The fourth-order valence-corrected chi connectivity index (χ4v) is 3.11. The SMILES string of the molecule is CCn1cc(CN2C[C@@H](CO)[C@H](NC(=O)c3cccnc3)C2)cn1. The van der Waals surface area contributed by atoms with Gasteiger partial charge in [-0.05, 0) is 19.1 Å². The molecule has 1 aliphatic rings. The molecule has 1 amide bonds. The Morgan fingerprint density at radius 2 is 2.29 bits per heavy atom. The van der Waals surface area contributed by atoms with Crippen LogP contribution in [0, 0.1) is 5.92 Å². The topological polar surface area (TPSA) is 83.3 Å². The Balaban J connectivity index is 1.60. The number of rotatable bonds is 6. The van der Waals surface area contributed by atoms with Gasteiger partial charge in [0.1, 0.15) is 0 Å². The number of aliphatic hydroxyl groups is 1. The molecule has 2 aromatic rings. The van der Waals surface area contributed by atoms with Crippen molar-refractivity contribution < 1.29 is 9.90 Å². The number of pyridine rings is 1. The van der Waals surface area contributed by atoms with Crippen molar-refractivity contribution in [1.82, 2.24) is 25.0 Å². The second-order valence-corrected chi connectivity index (χ2v) is 6.16. The van der Waals surface area contributed by atoms with Gasteiger partial charge in [-0.25, -0.2) is 0 Å². The van der Waals surface area contributed by atoms with Gasteiger partial charge in [0.25, 0.3) is 5.91 Å². The Kier molecular flexibility index (Phi) is 5.22. The number of carbonyl (C=O) groups is 1. The first-order chi connectivity index (χ1) is 11.7. The summed E-state index contributed by atoms with van der Waals surface area (Å²) in [6, 6.07) is 3.41. The van der Waals surface area contributed by atoms with E-state index in [1.807, 2.05) is 17.1 Å². The van der Waals surface area contributed by atoms with Gasteiger partial charge in [0.2, 0.25) is 0 Å². The molecule has 1 fully saturated rings. The number of nitrogens with one attached hydrogen (secondary N) is 1. The summed E-state index contributed by atoms with van der Waals surface area (Å²) in [4.78, 5) is 18.5. The van der Waals surface area contributed by atoms with Crippen molar-refractivity contribution >= 4 is 5.91 Å². The maximum absolute atomic E-state index is 12.3. The number of hydrogen-bond acceptors (Lipinski definition) is 5. The summed E-state index contributed by atoms with van der Waals surface area (Å²) in [5.74, 6) is -0.112. The molecule has 0 unspecified atom stereocenters. The van der Waals surface area contributed by atoms with E-state index in [2.05, 4.69) is 27.2 Å². The molecule has 24 heavy (non-hydrogen) atoms. The summed E-state index contributed by atoms with van der Waals surface area (Å²) < 4.78 is 1.90. The summed E-state index contributed by atoms with van der Waals surface area (Å²) in [5.41, 5.74) is 1.68. The summed E-state index contributed by atoms with van der Waals surface area (Å²) in [7, 11) is 0. The van der Waals surface area contributed by atoms with Crippen molar-refractivity contribution in [2.45, 2.75) is 26.1 Å². The molecule has 128 valence electrons. The lowest BCUT2D eigenvalue weighted by Crippen LogP contribution is -2.41. The molecule has 7 nitrogen and oxygen atoms in total. The van der Waals surface area contributed by atoms with Gasteiger partial charge in [-0.2, -0.15) is 5.10 Å². The first kappa shape index (κ1) is 16.6. The Labute approximate surface area is 141 Å². The maximum atomic E-state index is 12.3. The van der Waals surface area contributed by atoms with Gasteiger partial charge in [-0.1, -0.05) is 0 Å². The van der Waals surface area contributed by atoms with Gasteiger partial charge in [-0.3, -0.25) is 19.4 Å². The molecule has 1 aliphatic heterocycles. The number of hydrogen-bond donors (Lipinski definition) is 2. The maximum Gasteiger partial charge on any atom is 0.253 e. The molecular formula is C17H23N5O2. The lowest BCUT2D eigenvalue weighted by atomic mass is 10.0. The zero-order chi connectivity index (χ0) is 16.9. The molecule has 3 heterocycles. The highest BCUT2D eigenvalue weighted by atomic mass is 16.3. The Hall–Kier alpha value is -2.25. The molecule has 1 saturated heterocycles. The predicted molar refractivity (Wildman–Crippen MR) is 89.2 cm³/mol. The van der Waals surface area contributed by atoms with E-state index in [9.17, 15) is 9.90 Å². The van der Waals surface area contributed by atoms with Crippen molar-refractivity contribution in [1.29, 1.82) is 0 Å². The highest BCUT2D eigenvalue weighted by molar-refractivity contribution is 5.94. The monoisotopic (exact) mass is 329 g/mol. The fraction of sp³-hybridized carbons (Fsp3) is 0.471. The Morgan fingerprint density at radius 1 is 1.42 bits per heavy atom. The highest BCUT2D eigenvalue weighted by Crippen LogP contribution is 2.19. The first-order valence-electron chi connectivity index (χ1n) is 8.25. The molecule has 3 rings (SSSR count). The number of amides is 1. The molecule has 0 saturated carbocycles. The van der Waals surface area contributed by atoms with Crippen LogP contribution in [0.5, 0.6) is 0 Å². The van der Waals surface area contributed by atoms with Gasteiger partial charge in [0.15, 0.2) is 0 Å².